The largest absolute Gasteiger partial charge is 0.355 e. The molecule has 3 atom stereocenters. The molecule has 5 nitrogen and oxygen atoms in total. The number of anilines is 1. The zero-order chi connectivity index (χ0) is 17.9. The number of carbonyl (C=O) groups excluding carboxylic acids is 1. The predicted octanol–water partition coefficient (Wildman–Crippen LogP) is 2.78. The van der Waals surface area contributed by atoms with Crippen LogP contribution in [0.15, 0.2) is 48.9 Å². The van der Waals surface area contributed by atoms with Gasteiger partial charge in [-0.2, -0.15) is 0 Å². The summed E-state index contributed by atoms with van der Waals surface area (Å²) in [6.07, 6.45) is 9.08. The van der Waals surface area contributed by atoms with Gasteiger partial charge in [-0.3, -0.25) is 9.78 Å². The number of aromatic nitrogens is 2. The van der Waals surface area contributed by atoms with E-state index in [-0.39, 0.29) is 0 Å². The van der Waals surface area contributed by atoms with Gasteiger partial charge >= 0.3 is 0 Å². The predicted molar refractivity (Wildman–Crippen MR) is 102 cm³/mol. The fraction of sp³-hybridized carbons (Fsp3) is 0.476. The van der Waals surface area contributed by atoms with Crippen molar-refractivity contribution in [2.45, 2.75) is 31.7 Å². The molecule has 5 heteroatoms. The number of benzene rings is 1. The van der Waals surface area contributed by atoms with E-state index in [1.807, 2.05) is 24.4 Å². The van der Waals surface area contributed by atoms with Crippen molar-refractivity contribution in [3.05, 3.63) is 54.5 Å². The Bertz CT molecular complexity index is 736. The molecule has 1 aromatic carbocycles. The highest BCUT2D eigenvalue weighted by atomic mass is 16.2. The average molecular weight is 350 g/mol. The molecule has 1 aliphatic carbocycles. The molecule has 1 amide bonds. The van der Waals surface area contributed by atoms with Gasteiger partial charge in [-0.25, -0.2) is 4.98 Å². The Morgan fingerprint density at radius 2 is 2.04 bits per heavy atom. The van der Waals surface area contributed by atoms with Crippen molar-refractivity contribution in [1.82, 2.24) is 14.9 Å². The van der Waals surface area contributed by atoms with Crippen molar-refractivity contribution in [2.24, 2.45) is 11.8 Å². The molecule has 0 spiro atoms. The summed E-state index contributed by atoms with van der Waals surface area (Å²) in [6, 6.07) is 10.7. The van der Waals surface area contributed by atoms with Crippen molar-refractivity contribution in [1.29, 1.82) is 0 Å². The summed E-state index contributed by atoms with van der Waals surface area (Å²) in [5.74, 6) is 2.39. The third-order valence-electron chi connectivity index (χ3n) is 6.05. The van der Waals surface area contributed by atoms with Gasteiger partial charge in [0, 0.05) is 50.9 Å². The summed E-state index contributed by atoms with van der Waals surface area (Å²) >= 11 is 0. The van der Waals surface area contributed by atoms with E-state index in [1.54, 1.807) is 12.4 Å². The van der Waals surface area contributed by atoms with Crippen LogP contribution in [0.5, 0.6) is 0 Å². The van der Waals surface area contributed by atoms with Gasteiger partial charge in [-0.1, -0.05) is 30.3 Å². The number of carbonyl (C=O) groups is 1. The fourth-order valence-electron chi connectivity index (χ4n) is 4.62. The number of hydrogen-bond donors (Lipinski definition) is 0. The maximum absolute atomic E-state index is 12.7. The quantitative estimate of drug-likeness (QED) is 0.832. The zero-order valence-electron chi connectivity index (χ0n) is 15.3. The van der Waals surface area contributed by atoms with E-state index < -0.39 is 0 Å². The first-order valence-corrected chi connectivity index (χ1v) is 9.53. The van der Waals surface area contributed by atoms with Crippen LogP contribution in [0.4, 0.5) is 5.82 Å². The average Bonchev–Trinajstić information content (AvgIpc) is 3.28. The molecule has 2 fully saturated rings. The third kappa shape index (κ3) is 3.43. The molecule has 1 aromatic heterocycles. The first kappa shape index (κ1) is 17.0. The zero-order valence-corrected chi connectivity index (χ0v) is 15.3. The van der Waals surface area contributed by atoms with Crippen LogP contribution in [0.1, 0.15) is 24.8 Å². The highest BCUT2D eigenvalue weighted by Crippen LogP contribution is 2.41. The lowest BCUT2D eigenvalue weighted by atomic mass is 9.97. The van der Waals surface area contributed by atoms with Gasteiger partial charge < -0.3 is 9.80 Å². The lowest BCUT2D eigenvalue weighted by Gasteiger charge is -2.30. The molecule has 26 heavy (non-hydrogen) atoms. The number of hydrogen-bond acceptors (Lipinski definition) is 4. The lowest BCUT2D eigenvalue weighted by molar-refractivity contribution is -0.130. The SMILES string of the molecule is CN(c1cnccn1)[C@H]1CC[C@@H]2CN(C(=O)CCc3ccccc3)C[C@@H]21. The van der Waals surface area contributed by atoms with Crippen molar-refractivity contribution in [3.8, 4) is 0 Å². The molecule has 1 saturated carbocycles. The van der Waals surface area contributed by atoms with Crippen LogP contribution >= 0.6 is 0 Å². The van der Waals surface area contributed by atoms with Gasteiger partial charge in [0.05, 0.1) is 6.20 Å². The Kier molecular flexibility index (Phi) is 4.87. The summed E-state index contributed by atoms with van der Waals surface area (Å²) in [5.41, 5.74) is 1.24. The standard InChI is InChI=1S/C21H26N4O/c1-24(20-13-22-11-12-23-20)19-9-8-17-14-25(15-18(17)19)21(26)10-7-16-5-3-2-4-6-16/h2-6,11-13,17-19H,7-10,14-15H2,1H3/t17-,18+,19+/m1/s1. The normalized spacial score (nSPS) is 24.5. The minimum Gasteiger partial charge on any atom is -0.355 e. The van der Waals surface area contributed by atoms with E-state index >= 15 is 0 Å². The van der Waals surface area contributed by atoms with E-state index in [2.05, 4.69) is 38.9 Å². The lowest BCUT2D eigenvalue weighted by Crippen LogP contribution is -2.39. The van der Waals surface area contributed by atoms with Crippen LogP contribution in [0.25, 0.3) is 0 Å². The minimum absolute atomic E-state index is 0.296. The van der Waals surface area contributed by atoms with Crippen LogP contribution in [0, 0.1) is 11.8 Å². The topological polar surface area (TPSA) is 49.3 Å². The molecule has 0 radical (unpaired) electrons. The monoisotopic (exact) mass is 350 g/mol. The Morgan fingerprint density at radius 1 is 1.19 bits per heavy atom. The second kappa shape index (κ2) is 7.44. The smallest absolute Gasteiger partial charge is 0.222 e. The molecule has 1 aliphatic heterocycles. The molecular weight excluding hydrogens is 324 g/mol. The number of fused-ring (bicyclic) bond motifs is 1. The molecule has 136 valence electrons. The van der Waals surface area contributed by atoms with Crippen molar-refractivity contribution < 1.29 is 4.79 Å². The summed E-state index contributed by atoms with van der Waals surface area (Å²) in [7, 11) is 2.11. The number of aryl methyl sites for hydroxylation is 1. The molecule has 0 unspecified atom stereocenters. The second-order valence-electron chi connectivity index (χ2n) is 7.53. The first-order valence-electron chi connectivity index (χ1n) is 9.53. The summed E-state index contributed by atoms with van der Waals surface area (Å²) < 4.78 is 0. The summed E-state index contributed by atoms with van der Waals surface area (Å²) in [4.78, 5) is 25.7. The fourth-order valence-corrected chi connectivity index (χ4v) is 4.62. The summed E-state index contributed by atoms with van der Waals surface area (Å²) in [5, 5.41) is 0. The van der Waals surface area contributed by atoms with E-state index in [0.29, 0.717) is 30.2 Å². The molecule has 1 saturated heterocycles. The van der Waals surface area contributed by atoms with Crippen molar-refractivity contribution in [3.63, 3.8) is 0 Å². The second-order valence-corrected chi connectivity index (χ2v) is 7.53. The van der Waals surface area contributed by atoms with E-state index in [1.165, 1.54) is 18.4 Å². The summed E-state index contributed by atoms with van der Waals surface area (Å²) in [6.45, 7) is 1.80. The Morgan fingerprint density at radius 3 is 2.81 bits per heavy atom. The molecule has 2 aromatic rings. The van der Waals surface area contributed by atoms with E-state index in [9.17, 15) is 4.79 Å². The van der Waals surface area contributed by atoms with E-state index in [0.717, 1.165) is 25.3 Å². The van der Waals surface area contributed by atoms with Gasteiger partial charge in [-0.15, -0.1) is 0 Å². The first-order chi connectivity index (χ1) is 12.7. The van der Waals surface area contributed by atoms with Gasteiger partial charge in [0.1, 0.15) is 5.82 Å². The minimum atomic E-state index is 0.296. The van der Waals surface area contributed by atoms with E-state index in [4.69, 9.17) is 0 Å². The molecule has 2 aliphatic rings. The highest BCUT2D eigenvalue weighted by Gasteiger charge is 2.45. The van der Waals surface area contributed by atoms with Crippen LogP contribution in [-0.2, 0) is 11.2 Å². The molecule has 0 N–H and O–H groups in total. The maximum atomic E-state index is 12.7. The van der Waals surface area contributed by atoms with Crippen molar-refractivity contribution in [2.75, 3.05) is 25.0 Å². The molecule has 2 heterocycles. The molecule has 4 rings (SSSR count). The van der Waals surface area contributed by atoms with Crippen molar-refractivity contribution >= 4 is 11.7 Å². The number of amides is 1. The Hall–Kier alpha value is -2.43. The number of likely N-dealkylation sites (tertiary alicyclic amines) is 1. The van der Waals surface area contributed by atoms with Gasteiger partial charge in [0.2, 0.25) is 5.91 Å². The maximum Gasteiger partial charge on any atom is 0.222 e. The van der Waals surface area contributed by atoms with Crippen LogP contribution in [0.2, 0.25) is 0 Å². The molecule has 0 bridgehead atoms. The van der Waals surface area contributed by atoms with Crippen LogP contribution in [-0.4, -0.2) is 47.0 Å². The Labute approximate surface area is 155 Å². The van der Waals surface area contributed by atoms with Crippen LogP contribution in [0.3, 0.4) is 0 Å². The number of nitrogens with zero attached hydrogens (tertiary/aromatic N) is 4. The molecular formula is C21H26N4O. The van der Waals surface area contributed by atoms with Gasteiger partial charge in [0.15, 0.2) is 0 Å². The third-order valence-corrected chi connectivity index (χ3v) is 6.05. The Balaban J connectivity index is 1.36. The van der Waals surface area contributed by atoms with Gasteiger partial charge in [0.25, 0.3) is 0 Å². The van der Waals surface area contributed by atoms with Crippen LogP contribution < -0.4 is 4.90 Å². The van der Waals surface area contributed by atoms with Gasteiger partial charge in [-0.05, 0) is 30.7 Å². The number of rotatable bonds is 5. The highest BCUT2D eigenvalue weighted by molar-refractivity contribution is 5.76.